The topological polar surface area (TPSA) is 68.0 Å². The van der Waals surface area contributed by atoms with Crippen molar-refractivity contribution in [3.8, 4) is 0 Å². The summed E-state index contributed by atoms with van der Waals surface area (Å²) in [5.41, 5.74) is 7.91. The molecule has 0 aliphatic rings. The van der Waals surface area contributed by atoms with Crippen LogP contribution in [0.4, 0.5) is 0 Å². The van der Waals surface area contributed by atoms with Crippen LogP contribution < -0.4 is 11.1 Å². The van der Waals surface area contributed by atoms with Gasteiger partial charge in [0.15, 0.2) is 0 Å². The second-order valence-electron chi connectivity index (χ2n) is 5.65. The molecule has 0 bridgehead atoms. The Morgan fingerprint density at radius 3 is 2.50 bits per heavy atom. The van der Waals surface area contributed by atoms with E-state index in [2.05, 4.69) is 48.4 Å². The largest absolute Gasteiger partial charge is 0.364 e. The SMILES string of the molecule is CC(CCc1ccc(C(N)=O)nc1)NC(C)c1ccccc1. The van der Waals surface area contributed by atoms with Crippen molar-refractivity contribution in [2.75, 3.05) is 0 Å². The van der Waals surface area contributed by atoms with Crippen molar-refractivity contribution < 1.29 is 4.79 Å². The lowest BCUT2D eigenvalue weighted by Crippen LogP contribution is -2.29. The van der Waals surface area contributed by atoms with Crippen molar-refractivity contribution in [1.82, 2.24) is 10.3 Å². The van der Waals surface area contributed by atoms with Crippen molar-refractivity contribution in [1.29, 1.82) is 0 Å². The first-order valence-corrected chi connectivity index (χ1v) is 7.62. The Kier molecular flexibility index (Phi) is 5.67. The molecule has 1 aromatic heterocycles. The second kappa shape index (κ2) is 7.71. The van der Waals surface area contributed by atoms with Gasteiger partial charge in [0.2, 0.25) is 0 Å². The minimum atomic E-state index is -0.488. The van der Waals surface area contributed by atoms with Gasteiger partial charge in [-0.25, -0.2) is 0 Å². The zero-order valence-corrected chi connectivity index (χ0v) is 13.1. The fourth-order valence-electron chi connectivity index (χ4n) is 2.45. The van der Waals surface area contributed by atoms with E-state index in [0.717, 1.165) is 18.4 Å². The Labute approximate surface area is 131 Å². The smallest absolute Gasteiger partial charge is 0.267 e. The molecule has 0 saturated carbocycles. The number of primary amides is 1. The summed E-state index contributed by atoms with van der Waals surface area (Å²) in [6.45, 7) is 4.36. The number of nitrogens with one attached hydrogen (secondary N) is 1. The molecule has 3 N–H and O–H groups in total. The fourth-order valence-corrected chi connectivity index (χ4v) is 2.45. The summed E-state index contributed by atoms with van der Waals surface area (Å²) in [4.78, 5) is 15.1. The Hall–Kier alpha value is -2.20. The average molecular weight is 297 g/mol. The maximum Gasteiger partial charge on any atom is 0.267 e. The van der Waals surface area contributed by atoms with Gasteiger partial charge in [-0.2, -0.15) is 0 Å². The molecule has 0 fully saturated rings. The van der Waals surface area contributed by atoms with Crippen LogP contribution in [0.15, 0.2) is 48.7 Å². The Balaban J connectivity index is 1.82. The Morgan fingerprint density at radius 2 is 1.91 bits per heavy atom. The van der Waals surface area contributed by atoms with Gasteiger partial charge in [-0.1, -0.05) is 36.4 Å². The van der Waals surface area contributed by atoms with E-state index < -0.39 is 5.91 Å². The first kappa shape index (κ1) is 16.2. The molecule has 4 nitrogen and oxygen atoms in total. The summed E-state index contributed by atoms with van der Waals surface area (Å²) in [7, 11) is 0. The van der Waals surface area contributed by atoms with E-state index in [1.807, 2.05) is 12.1 Å². The highest BCUT2D eigenvalue weighted by molar-refractivity contribution is 5.90. The molecule has 2 rings (SSSR count). The number of carbonyl (C=O) groups is 1. The summed E-state index contributed by atoms with van der Waals surface area (Å²) >= 11 is 0. The number of hydrogen-bond acceptors (Lipinski definition) is 3. The van der Waals surface area contributed by atoms with Crippen LogP contribution >= 0.6 is 0 Å². The van der Waals surface area contributed by atoms with E-state index in [1.165, 1.54) is 5.56 Å². The minimum absolute atomic E-state index is 0.313. The van der Waals surface area contributed by atoms with Gasteiger partial charge in [0.05, 0.1) is 0 Å². The molecule has 0 aliphatic carbocycles. The highest BCUT2D eigenvalue weighted by atomic mass is 16.1. The lowest BCUT2D eigenvalue weighted by Gasteiger charge is -2.20. The highest BCUT2D eigenvalue weighted by Gasteiger charge is 2.09. The molecular formula is C18H23N3O. The van der Waals surface area contributed by atoms with Crippen LogP contribution in [0, 0.1) is 0 Å². The van der Waals surface area contributed by atoms with Gasteiger partial charge in [0.25, 0.3) is 5.91 Å². The number of hydrogen-bond donors (Lipinski definition) is 2. The molecule has 1 aromatic carbocycles. The van der Waals surface area contributed by atoms with Crippen molar-refractivity contribution in [3.63, 3.8) is 0 Å². The van der Waals surface area contributed by atoms with Gasteiger partial charge in [-0.15, -0.1) is 0 Å². The monoisotopic (exact) mass is 297 g/mol. The number of aryl methyl sites for hydroxylation is 1. The Morgan fingerprint density at radius 1 is 1.18 bits per heavy atom. The van der Waals surface area contributed by atoms with Crippen LogP contribution in [0.1, 0.15) is 47.9 Å². The van der Waals surface area contributed by atoms with Crippen LogP contribution in [0.5, 0.6) is 0 Å². The zero-order valence-electron chi connectivity index (χ0n) is 13.1. The number of pyridine rings is 1. The van der Waals surface area contributed by atoms with Gasteiger partial charge < -0.3 is 11.1 Å². The van der Waals surface area contributed by atoms with Crippen LogP contribution in [0.2, 0.25) is 0 Å². The van der Waals surface area contributed by atoms with Gasteiger partial charge in [0, 0.05) is 18.3 Å². The van der Waals surface area contributed by atoms with E-state index in [9.17, 15) is 4.79 Å². The molecule has 0 aliphatic heterocycles. The predicted octanol–water partition coefficient (Wildman–Crippen LogP) is 2.85. The maximum absolute atomic E-state index is 11.0. The summed E-state index contributed by atoms with van der Waals surface area (Å²) in [5.74, 6) is -0.488. The Bertz CT molecular complexity index is 595. The number of nitrogens with two attached hydrogens (primary N) is 1. The number of carbonyl (C=O) groups excluding carboxylic acids is 1. The number of aromatic nitrogens is 1. The van der Waals surface area contributed by atoms with Gasteiger partial charge in [0.1, 0.15) is 5.69 Å². The van der Waals surface area contributed by atoms with E-state index in [0.29, 0.717) is 17.8 Å². The van der Waals surface area contributed by atoms with E-state index in [4.69, 9.17) is 5.73 Å². The summed E-state index contributed by atoms with van der Waals surface area (Å²) in [6.07, 6.45) is 3.66. The summed E-state index contributed by atoms with van der Waals surface area (Å²) in [5, 5.41) is 3.60. The molecule has 2 atom stereocenters. The second-order valence-corrected chi connectivity index (χ2v) is 5.65. The quantitative estimate of drug-likeness (QED) is 0.825. The molecule has 0 radical (unpaired) electrons. The molecule has 2 unspecified atom stereocenters. The van der Waals surface area contributed by atoms with Crippen LogP contribution in [-0.2, 0) is 6.42 Å². The minimum Gasteiger partial charge on any atom is -0.364 e. The fraction of sp³-hybridized carbons (Fsp3) is 0.333. The first-order chi connectivity index (χ1) is 10.6. The van der Waals surface area contributed by atoms with Crippen LogP contribution in [-0.4, -0.2) is 16.9 Å². The molecule has 1 heterocycles. The number of nitrogens with zero attached hydrogens (tertiary/aromatic N) is 1. The zero-order chi connectivity index (χ0) is 15.9. The van der Waals surface area contributed by atoms with Crippen molar-refractivity contribution >= 4 is 5.91 Å². The molecule has 4 heteroatoms. The lowest BCUT2D eigenvalue weighted by atomic mass is 10.0. The van der Waals surface area contributed by atoms with Crippen LogP contribution in [0.25, 0.3) is 0 Å². The average Bonchev–Trinajstić information content (AvgIpc) is 2.54. The molecule has 22 heavy (non-hydrogen) atoms. The van der Waals surface area contributed by atoms with Crippen molar-refractivity contribution in [3.05, 3.63) is 65.5 Å². The molecule has 116 valence electrons. The lowest BCUT2D eigenvalue weighted by molar-refractivity contribution is 0.0995. The molecular weight excluding hydrogens is 274 g/mol. The number of benzene rings is 1. The van der Waals surface area contributed by atoms with Crippen molar-refractivity contribution in [2.24, 2.45) is 5.73 Å². The standard InChI is InChI=1S/C18H23N3O/c1-13(21-14(2)16-6-4-3-5-7-16)8-9-15-10-11-17(18(19)22)20-12-15/h3-7,10-14,21H,8-9H2,1-2H3,(H2,19,22). The van der Waals surface area contributed by atoms with E-state index >= 15 is 0 Å². The van der Waals surface area contributed by atoms with E-state index in [1.54, 1.807) is 12.3 Å². The van der Waals surface area contributed by atoms with Gasteiger partial charge >= 0.3 is 0 Å². The third-order valence-corrected chi connectivity index (χ3v) is 3.78. The first-order valence-electron chi connectivity index (χ1n) is 7.62. The molecule has 1 amide bonds. The predicted molar refractivity (Wildman–Crippen MR) is 88.5 cm³/mol. The van der Waals surface area contributed by atoms with Crippen molar-refractivity contribution in [2.45, 2.75) is 38.8 Å². The third-order valence-electron chi connectivity index (χ3n) is 3.78. The van der Waals surface area contributed by atoms with Gasteiger partial charge in [-0.05, 0) is 43.9 Å². The third kappa shape index (κ3) is 4.67. The maximum atomic E-state index is 11.0. The van der Waals surface area contributed by atoms with Crippen LogP contribution in [0.3, 0.4) is 0 Å². The van der Waals surface area contributed by atoms with Gasteiger partial charge in [-0.3, -0.25) is 9.78 Å². The normalized spacial score (nSPS) is 13.5. The summed E-state index contributed by atoms with van der Waals surface area (Å²) < 4.78 is 0. The molecule has 2 aromatic rings. The number of amides is 1. The number of rotatable bonds is 7. The molecule has 0 spiro atoms. The molecule has 0 saturated heterocycles. The summed E-state index contributed by atoms with van der Waals surface area (Å²) in [6, 6.07) is 14.7. The highest BCUT2D eigenvalue weighted by Crippen LogP contribution is 2.13. The van der Waals surface area contributed by atoms with E-state index in [-0.39, 0.29) is 0 Å².